The van der Waals surface area contributed by atoms with Crippen LogP contribution in [0.2, 0.25) is 5.02 Å². The van der Waals surface area contributed by atoms with E-state index in [1.165, 1.54) is 12.8 Å². The van der Waals surface area contributed by atoms with Crippen molar-refractivity contribution in [2.45, 2.75) is 39.3 Å². The number of benzene rings is 1. The fraction of sp³-hybridized carbons (Fsp3) is 0.571. The third-order valence-electron chi connectivity index (χ3n) is 4.09. The molecule has 1 saturated carbocycles. The highest BCUT2D eigenvalue weighted by Gasteiger charge is 2.29. The zero-order valence-corrected chi connectivity index (χ0v) is 11.2. The number of para-hydroxylation sites is 1. The summed E-state index contributed by atoms with van der Waals surface area (Å²) in [6, 6.07) is 6.06. The van der Waals surface area contributed by atoms with Crippen LogP contribution in [0.5, 0.6) is 5.75 Å². The SMILES string of the molecule is CC1CCC(NCc2cccc(Cl)c2O)C1C. The van der Waals surface area contributed by atoms with Gasteiger partial charge in [-0.25, -0.2) is 0 Å². The molecule has 0 bridgehead atoms. The summed E-state index contributed by atoms with van der Waals surface area (Å²) in [4.78, 5) is 0. The molecule has 2 nitrogen and oxygen atoms in total. The van der Waals surface area contributed by atoms with E-state index >= 15 is 0 Å². The van der Waals surface area contributed by atoms with Crippen molar-refractivity contribution in [1.29, 1.82) is 0 Å². The van der Waals surface area contributed by atoms with Gasteiger partial charge in [0.15, 0.2) is 0 Å². The highest BCUT2D eigenvalue weighted by molar-refractivity contribution is 6.32. The molecular formula is C14H20ClNO. The van der Waals surface area contributed by atoms with Crippen LogP contribution in [0.1, 0.15) is 32.3 Å². The number of hydrogen-bond acceptors (Lipinski definition) is 2. The first-order valence-corrected chi connectivity index (χ1v) is 6.67. The lowest BCUT2D eigenvalue weighted by Crippen LogP contribution is -2.31. The van der Waals surface area contributed by atoms with E-state index in [0.29, 0.717) is 23.5 Å². The Labute approximate surface area is 108 Å². The van der Waals surface area contributed by atoms with E-state index in [4.69, 9.17) is 11.6 Å². The normalized spacial score (nSPS) is 28.5. The van der Waals surface area contributed by atoms with Crippen molar-refractivity contribution >= 4 is 11.6 Å². The van der Waals surface area contributed by atoms with E-state index in [1.54, 1.807) is 6.07 Å². The van der Waals surface area contributed by atoms with E-state index in [2.05, 4.69) is 19.2 Å². The Balaban J connectivity index is 1.96. The van der Waals surface area contributed by atoms with Gasteiger partial charge < -0.3 is 10.4 Å². The maximum Gasteiger partial charge on any atom is 0.138 e. The molecule has 17 heavy (non-hydrogen) atoms. The molecule has 0 aliphatic heterocycles. The summed E-state index contributed by atoms with van der Waals surface area (Å²) >= 11 is 5.88. The minimum absolute atomic E-state index is 0.209. The molecule has 0 spiro atoms. The highest BCUT2D eigenvalue weighted by Crippen LogP contribution is 2.32. The molecular weight excluding hydrogens is 234 g/mol. The van der Waals surface area contributed by atoms with Gasteiger partial charge >= 0.3 is 0 Å². The van der Waals surface area contributed by atoms with Gasteiger partial charge in [0.2, 0.25) is 0 Å². The predicted molar refractivity (Wildman–Crippen MR) is 71.3 cm³/mol. The molecule has 2 rings (SSSR count). The van der Waals surface area contributed by atoms with E-state index in [1.807, 2.05) is 12.1 Å². The summed E-state index contributed by atoms with van der Waals surface area (Å²) in [6.07, 6.45) is 2.52. The van der Waals surface area contributed by atoms with Crippen LogP contribution >= 0.6 is 11.6 Å². The van der Waals surface area contributed by atoms with Gasteiger partial charge in [0.05, 0.1) is 5.02 Å². The Morgan fingerprint density at radius 2 is 2.12 bits per heavy atom. The first-order valence-electron chi connectivity index (χ1n) is 6.29. The van der Waals surface area contributed by atoms with Crippen molar-refractivity contribution in [3.63, 3.8) is 0 Å². The lowest BCUT2D eigenvalue weighted by atomic mass is 9.97. The predicted octanol–water partition coefficient (Wildman–Crippen LogP) is 3.57. The Morgan fingerprint density at radius 3 is 2.76 bits per heavy atom. The summed E-state index contributed by atoms with van der Waals surface area (Å²) < 4.78 is 0. The number of phenolic OH excluding ortho intramolecular Hbond substituents is 1. The molecule has 2 N–H and O–H groups in total. The standard InChI is InChI=1S/C14H20ClNO/c1-9-6-7-13(10(9)2)16-8-11-4-3-5-12(15)14(11)17/h3-5,9-10,13,16-17H,6-8H2,1-2H3. The van der Waals surface area contributed by atoms with Gasteiger partial charge in [-0.2, -0.15) is 0 Å². The lowest BCUT2D eigenvalue weighted by molar-refractivity contribution is 0.367. The van der Waals surface area contributed by atoms with Crippen molar-refractivity contribution in [3.8, 4) is 5.75 Å². The van der Waals surface area contributed by atoms with Gasteiger partial charge in [0, 0.05) is 18.2 Å². The van der Waals surface area contributed by atoms with Crippen LogP contribution in [0.3, 0.4) is 0 Å². The van der Waals surface area contributed by atoms with Crippen molar-refractivity contribution in [2.24, 2.45) is 11.8 Å². The summed E-state index contributed by atoms with van der Waals surface area (Å²) in [5.41, 5.74) is 0.879. The third kappa shape index (κ3) is 2.75. The van der Waals surface area contributed by atoms with E-state index < -0.39 is 0 Å². The Morgan fingerprint density at radius 1 is 1.35 bits per heavy atom. The van der Waals surface area contributed by atoms with Crippen molar-refractivity contribution in [2.75, 3.05) is 0 Å². The number of nitrogens with one attached hydrogen (secondary N) is 1. The fourth-order valence-electron chi connectivity index (χ4n) is 2.60. The molecule has 1 aliphatic rings. The van der Waals surface area contributed by atoms with E-state index in [0.717, 1.165) is 11.5 Å². The molecule has 3 heteroatoms. The van der Waals surface area contributed by atoms with Crippen LogP contribution in [0.4, 0.5) is 0 Å². The molecule has 3 unspecified atom stereocenters. The summed E-state index contributed by atoms with van der Waals surface area (Å²) in [6.45, 7) is 5.30. The molecule has 1 aliphatic carbocycles. The summed E-state index contributed by atoms with van der Waals surface area (Å²) in [5, 5.41) is 13.8. The zero-order chi connectivity index (χ0) is 12.4. The van der Waals surface area contributed by atoms with Gasteiger partial charge in [0.1, 0.15) is 5.75 Å². The average Bonchev–Trinajstić information content (AvgIpc) is 2.62. The minimum Gasteiger partial charge on any atom is -0.506 e. The quantitative estimate of drug-likeness (QED) is 0.863. The minimum atomic E-state index is 0.209. The summed E-state index contributed by atoms with van der Waals surface area (Å²) in [7, 11) is 0. The Kier molecular flexibility index (Phi) is 3.95. The molecule has 1 aromatic carbocycles. The third-order valence-corrected chi connectivity index (χ3v) is 4.40. The molecule has 1 fully saturated rings. The molecule has 0 aromatic heterocycles. The maximum absolute atomic E-state index is 9.82. The van der Waals surface area contributed by atoms with Gasteiger partial charge in [-0.1, -0.05) is 37.6 Å². The van der Waals surface area contributed by atoms with Crippen LogP contribution in [0, 0.1) is 11.8 Å². The van der Waals surface area contributed by atoms with Gasteiger partial charge in [-0.15, -0.1) is 0 Å². The van der Waals surface area contributed by atoms with Gasteiger partial charge in [0.25, 0.3) is 0 Å². The Hall–Kier alpha value is -0.730. The number of halogens is 1. The summed E-state index contributed by atoms with van der Waals surface area (Å²) in [5.74, 6) is 1.71. The second kappa shape index (κ2) is 5.28. The van der Waals surface area contributed by atoms with Crippen molar-refractivity contribution < 1.29 is 5.11 Å². The molecule has 1 aromatic rings. The highest BCUT2D eigenvalue weighted by atomic mass is 35.5. The lowest BCUT2D eigenvalue weighted by Gasteiger charge is -2.20. The van der Waals surface area contributed by atoms with Gasteiger partial charge in [-0.05, 0) is 30.7 Å². The molecule has 0 saturated heterocycles. The zero-order valence-electron chi connectivity index (χ0n) is 10.4. The number of phenols is 1. The van der Waals surface area contributed by atoms with Crippen molar-refractivity contribution in [1.82, 2.24) is 5.32 Å². The average molecular weight is 254 g/mol. The second-order valence-electron chi connectivity index (χ2n) is 5.15. The van der Waals surface area contributed by atoms with E-state index in [-0.39, 0.29) is 5.75 Å². The molecule has 94 valence electrons. The van der Waals surface area contributed by atoms with Crippen molar-refractivity contribution in [3.05, 3.63) is 28.8 Å². The first kappa shape index (κ1) is 12.7. The number of rotatable bonds is 3. The first-order chi connectivity index (χ1) is 8.09. The second-order valence-corrected chi connectivity index (χ2v) is 5.56. The van der Waals surface area contributed by atoms with Crippen LogP contribution in [-0.2, 0) is 6.54 Å². The number of aromatic hydroxyl groups is 1. The van der Waals surface area contributed by atoms with Crippen LogP contribution < -0.4 is 5.32 Å². The molecule has 3 atom stereocenters. The fourth-order valence-corrected chi connectivity index (χ4v) is 2.79. The maximum atomic E-state index is 9.82. The van der Waals surface area contributed by atoms with Crippen LogP contribution in [0.25, 0.3) is 0 Å². The van der Waals surface area contributed by atoms with Crippen LogP contribution in [0.15, 0.2) is 18.2 Å². The topological polar surface area (TPSA) is 32.3 Å². The molecule has 0 heterocycles. The molecule has 0 amide bonds. The van der Waals surface area contributed by atoms with Gasteiger partial charge in [-0.3, -0.25) is 0 Å². The monoisotopic (exact) mass is 253 g/mol. The Bertz CT molecular complexity index is 394. The van der Waals surface area contributed by atoms with Crippen LogP contribution in [-0.4, -0.2) is 11.1 Å². The van der Waals surface area contributed by atoms with E-state index in [9.17, 15) is 5.11 Å². The number of hydrogen-bond donors (Lipinski definition) is 2. The largest absolute Gasteiger partial charge is 0.506 e. The molecule has 0 radical (unpaired) electrons. The smallest absolute Gasteiger partial charge is 0.138 e.